The molecule has 1 fully saturated rings. The minimum atomic E-state index is -0.124. The van der Waals surface area contributed by atoms with E-state index in [0.717, 1.165) is 36.7 Å². The fourth-order valence-corrected chi connectivity index (χ4v) is 3.27. The highest BCUT2D eigenvalue weighted by molar-refractivity contribution is 6.30. The molecular formula is C23H23ClN2O2. The first-order valence-electron chi connectivity index (χ1n) is 9.56. The molecule has 0 spiro atoms. The Bertz CT molecular complexity index is 917. The van der Waals surface area contributed by atoms with Gasteiger partial charge in [-0.25, -0.2) is 0 Å². The van der Waals surface area contributed by atoms with Gasteiger partial charge in [0.25, 0.3) is 5.91 Å². The Morgan fingerprint density at radius 3 is 2.29 bits per heavy atom. The number of amides is 1. The molecule has 28 heavy (non-hydrogen) atoms. The molecule has 1 saturated carbocycles. The van der Waals surface area contributed by atoms with Gasteiger partial charge < -0.3 is 9.73 Å². The molecule has 144 valence electrons. The molecule has 0 atom stereocenters. The summed E-state index contributed by atoms with van der Waals surface area (Å²) in [5.41, 5.74) is 2.41. The van der Waals surface area contributed by atoms with Crippen LogP contribution in [0, 0.1) is 0 Å². The van der Waals surface area contributed by atoms with Gasteiger partial charge in [0.15, 0.2) is 5.76 Å². The van der Waals surface area contributed by atoms with Crippen molar-refractivity contribution in [3.63, 3.8) is 0 Å². The van der Waals surface area contributed by atoms with Crippen LogP contribution in [0.1, 0.15) is 40.3 Å². The molecule has 1 heterocycles. The average molecular weight is 395 g/mol. The van der Waals surface area contributed by atoms with Crippen LogP contribution < -0.4 is 5.32 Å². The molecule has 4 nitrogen and oxygen atoms in total. The van der Waals surface area contributed by atoms with Crippen molar-refractivity contribution >= 4 is 17.5 Å². The molecule has 1 aliphatic rings. The minimum absolute atomic E-state index is 0.124. The maximum absolute atomic E-state index is 12.2. The van der Waals surface area contributed by atoms with Crippen molar-refractivity contribution in [3.8, 4) is 0 Å². The van der Waals surface area contributed by atoms with Gasteiger partial charge in [0, 0.05) is 24.2 Å². The van der Waals surface area contributed by atoms with Crippen molar-refractivity contribution in [2.45, 2.75) is 38.5 Å². The number of halogens is 1. The first kappa shape index (κ1) is 18.8. The van der Waals surface area contributed by atoms with Crippen LogP contribution in [-0.2, 0) is 19.6 Å². The van der Waals surface area contributed by atoms with Crippen molar-refractivity contribution in [1.82, 2.24) is 10.2 Å². The highest BCUT2D eigenvalue weighted by Crippen LogP contribution is 2.21. The van der Waals surface area contributed by atoms with Crippen LogP contribution >= 0.6 is 11.6 Å². The van der Waals surface area contributed by atoms with Crippen LogP contribution in [0.2, 0.25) is 5.02 Å². The molecule has 0 bridgehead atoms. The van der Waals surface area contributed by atoms with Crippen molar-refractivity contribution in [2.75, 3.05) is 0 Å². The molecular weight excluding hydrogens is 372 g/mol. The van der Waals surface area contributed by atoms with E-state index < -0.39 is 0 Å². The summed E-state index contributed by atoms with van der Waals surface area (Å²) in [6.45, 7) is 2.17. The van der Waals surface area contributed by atoms with E-state index in [9.17, 15) is 4.79 Å². The second-order valence-corrected chi connectivity index (χ2v) is 7.71. The zero-order valence-corrected chi connectivity index (χ0v) is 16.4. The monoisotopic (exact) mass is 394 g/mol. The Hall–Kier alpha value is -2.56. The Morgan fingerprint density at radius 2 is 1.61 bits per heavy atom. The lowest BCUT2D eigenvalue weighted by molar-refractivity contribution is 0.0918. The Kier molecular flexibility index (Phi) is 5.79. The van der Waals surface area contributed by atoms with E-state index in [4.69, 9.17) is 16.0 Å². The van der Waals surface area contributed by atoms with Gasteiger partial charge in [0.1, 0.15) is 5.76 Å². The van der Waals surface area contributed by atoms with Crippen molar-refractivity contribution in [3.05, 3.63) is 94.4 Å². The van der Waals surface area contributed by atoms with Gasteiger partial charge in [-0.3, -0.25) is 9.69 Å². The molecule has 1 aliphatic carbocycles. The largest absolute Gasteiger partial charge is 0.455 e. The van der Waals surface area contributed by atoms with E-state index in [1.807, 2.05) is 48.5 Å². The summed E-state index contributed by atoms with van der Waals surface area (Å²) >= 11 is 6.01. The Balaban J connectivity index is 1.47. The summed E-state index contributed by atoms with van der Waals surface area (Å²) in [6, 6.07) is 22.2. The summed E-state index contributed by atoms with van der Waals surface area (Å²) in [5, 5.41) is 3.70. The van der Waals surface area contributed by atoms with Crippen LogP contribution in [0.3, 0.4) is 0 Å². The molecule has 0 unspecified atom stereocenters. The van der Waals surface area contributed by atoms with Crippen LogP contribution in [0.15, 0.2) is 71.1 Å². The van der Waals surface area contributed by atoms with E-state index >= 15 is 0 Å². The molecule has 1 amide bonds. The normalized spacial score (nSPS) is 13.6. The number of nitrogens with one attached hydrogen (secondary N) is 1. The summed E-state index contributed by atoms with van der Waals surface area (Å²) in [5.74, 6) is 1.04. The lowest BCUT2D eigenvalue weighted by Gasteiger charge is -2.21. The minimum Gasteiger partial charge on any atom is -0.455 e. The number of nitrogens with zero attached hydrogens (tertiary/aromatic N) is 1. The van der Waals surface area contributed by atoms with E-state index in [1.165, 1.54) is 11.1 Å². The van der Waals surface area contributed by atoms with Crippen molar-refractivity contribution in [2.24, 2.45) is 0 Å². The highest BCUT2D eigenvalue weighted by atomic mass is 35.5. The number of benzene rings is 2. The third-order valence-electron chi connectivity index (χ3n) is 4.75. The maximum atomic E-state index is 12.2. The summed E-state index contributed by atoms with van der Waals surface area (Å²) in [6.07, 6.45) is 2.12. The lowest BCUT2D eigenvalue weighted by atomic mass is 10.1. The molecule has 0 aliphatic heterocycles. The summed E-state index contributed by atoms with van der Waals surface area (Å²) in [4.78, 5) is 14.5. The highest BCUT2D eigenvalue weighted by Gasteiger charge is 2.25. The standard InChI is InChI=1S/C23H23ClN2O2/c24-19-8-6-18(7-9-19)15-26(14-17-4-2-1-3-5-17)16-21-12-13-22(28-21)23(27)25-20-10-11-20/h1-9,12-13,20H,10-11,14-16H2,(H,25,27). The quantitative estimate of drug-likeness (QED) is 0.583. The summed E-state index contributed by atoms with van der Waals surface area (Å²) in [7, 11) is 0. The fraction of sp³-hybridized carbons (Fsp3) is 0.261. The molecule has 2 aromatic carbocycles. The van der Waals surface area contributed by atoms with Gasteiger partial charge in [0.2, 0.25) is 0 Å². The average Bonchev–Trinajstić information content (AvgIpc) is 3.39. The zero-order valence-electron chi connectivity index (χ0n) is 15.6. The zero-order chi connectivity index (χ0) is 19.3. The van der Waals surface area contributed by atoms with Crippen molar-refractivity contribution in [1.29, 1.82) is 0 Å². The maximum Gasteiger partial charge on any atom is 0.287 e. The SMILES string of the molecule is O=C(NC1CC1)c1ccc(CN(Cc2ccccc2)Cc2ccc(Cl)cc2)o1. The third kappa shape index (κ3) is 5.24. The van der Waals surface area contributed by atoms with Gasteiger partial charge in [-0.05, 0) is 48.2 Å². The van der Waals surface area contributed by atoms with E-state index in [-0.39, 0.29) is 5.91 Å². The van der Waals surface area contributed by atoms with Crippen molar-refractivity contribution < 1.29 is 9.21 Å². The van der Waals surface area contributed by atoms with E-state index in [1.54, 1.807) is 6.07 Å². The van der Waals surface area contributed by atoms with Crippen LogP contribution in [-0.4, -0.2) is 16.8 Å². The first-order chi connectivity index (χ1) is 13.7. The first-order valence-corrected chi connectivity index (χ1v) is 9.94. The molecule has 3 aromatic rings. The van der Waals surface area contributed by atoms with Gasteiger partial charge in [-0.2, -0.15) is 0 Å². The van der Waals surface area contributed by atoms with Gasteiger partial charge in [-0.1, -0.05) is 54.1 Å². The molecule has 0 radical (unpaired) electrons. The topological polar surface area (TPSA) is 45.5 Å². The van der Waals surface area contributed by atoms with E-state index in [0.29, 0.717) is 18.3 Å². The second kappa shape index (κ2) is 8.63. The smallest absolute Gasteiger partial charge is 0.287 e. The molecule has 0 saturated heterocycles. The van der Waals surface area contributed by atoms with E-state index in [2.05, 4.69) is 22.3 Å². The second-order valence-electron chi connectivity index (χ2n) is 7.27. The van der Waals surface area contributed by atoms with Gasteiger partial charge >= 0.3 is 0 Å². The third-order valence-corrected chi connectivity index (χ3v) is 5.00. The molecule has 5 heteroatoms. The van der Waals surface area contributed by atoms with Crippen LogP contribution in [0.5, 0.6) is 0 Å². The number of carbonyl (C=O) groups is 1. The number of hydrogen-bond donors (Lipinski definition) is 1. The predicted octanol–water partition coefficient (Wildman–Crippen LogP) is 5.03. The number of furan rings is 1. The Morgan fingerprint density at radius 1 is 0.929 bits per heavy atom. The number of carbonyl (C=O) groups excluding carboxylic acids is 1. The van der Waals surface area contributed by atoms with Gasteiger partial charge in [-0.15, -0.1) is 0 Å². The fourth-order valence-electron chi connectivity index (χ4n) is 3.15. The van der Waals surface area contributed by atoms with Crippen LogP contribution in [0.4, 0.5) is 0 Å². The number of hydrogen-bond acceptors (Lipinski definition) is 3. The predicted molar refractivity (Wildman–Crippen MR) is 110 cm³/mol. The number of rotatable bonds is 8. The Labute approximate surface area is 170 Å². The van der Waals surface area contributed by atoms with Crippen LogP contribution in [0.25, 0.3) is 0 Å². The molecule has 1 N–H and O–H groups in total. The summed E-state index contributed by atoms with van der Waals surface area (Å²) < 4.78 is 5.82. The molecule has 1 aromatic heterocycles. The molecule has 4 rings (SSSR count). The van der Waals surface area contributed by atoms with Gasteiger partial charge in [0.05, 0.1) is 6.54 Å². The lowest BCUT2D eigenvalue weighted by Crippen LogP contribution is -2.25.